The number of halogens is 1. The van der Waals surface area contributed by atoms with Crippen LogP contribution in [0.2, 0.25) is 0 Å². The Morgan fingerprint density at radius 3 is 1.50 bits per heavy atom. The minimum absolute atomic E-state index is 0.176. The van der Waals surface area contributed by atoms with Crippen molar-refractivity contribution in [3.63, 3.8) is 0 Å². The summed E-state index contributed by atoms with van der Waals surface area (Å²) in [6, 6.07) is 38.2. The standard InChI is InChI=1S/C19H18O2.C13H13ClO2.C6H7BO2/c1-2-9-16-17(14-10-5-3-6-11-14)18(21-19(16)20)15-12-7-4-8-13-15;1-2-6-10-11(14)12(16-13(10)15)9-7-4-3-5-8-9;8-7(9)6-4-2-1-3-5-6/h3-8,10-13,18H,2,9H2,1H3;3-5,7-8,12H,2,6H2,1H3;1-5,8-9H/t;12-;/m.1./s1. The molecule has 0 fully saturated rings. The molecule has 2 atom stereocenters. The van der Waals surface area contributed by atoms with Gasteiger partial charge in [0, 0.05) is 11.1 Å². The fraction of sp³-hybridized carbons (Fsp3) is 0.211. The summed E-state index contributed by atoms with van der Waals surface area (Å²) in [4.78, 5) is 23.8. The van der Waals surface area contributed by atoms with Gasteiger partial charge in [0.15, 0.2) is 12.2 Å². The third-order valence-electron chi connectivity index (χ3n) is 7.44. The van der Waals surface area contributed by atoms with Crippen molar-refractivity contribution in [3.8, 4) is 0 Å². The highest BCUT2D eigenvalue weighted by molar-refractivity contribution is 6.58. The molecule has 0 bridgehead atoms. The van der Waals surface area contributed by atoms with Gasteiger partial charge in [0.05, 0.1) is 10.6 Å². The van der Waals surface area contributed by atoms with Gasteiger partial charge in [-0.15, -0.1) is 0 Å². The zero-order valence-corrected chi connectivity index (χ0v) is 26.8. The van der Waals surface area contributed by atoms with Crippen LogP contribution in [0.15, 0.2) is 138 Å². The lowest BCUT2D eigenvalue weighted by Crippen LogP contribution is -2.29. The van der Waals surface area contributed by atoms with Crippen molar-refractivity contribution >= 4 is 41.7 Å². The number of carbonyl (C=O) groups excluding carboxylic acids is 2. The fourth-order valence-electron chi connectivity index (χ4n) is 5.22. The quantitative estimate of drug-likeness (QED) is 0.154. The number of carbonyl (C=O) groups is 2. The molecule has 0 saturated heterocycles. The van der Waals surface area contributed by atoms with Gasteiger partial charge >= 0.3 is 19.1 Å². The Balaban J connectivity index is 0.000000170. The summed E-state index contributed by atoms with van der Waals surface area (Å²) in [6.45, 7) is 4.10. The zero-order valence-electron chi connectivity index (χ0n) is 26.0. The second kappa shape index (κ2) is 17.3. The van der Waals surface area contributed by atoms with Crippen LogP contribution in [0.1, 0.15) is 68.4 Å². The number of esters is 2. The van der Waals surface area contributed by atoms with Crippen LogP contribution in [0.25, 0.3) is 5.57 Å². The zero-order chi connectivity index (χ0) is 32.9. The van der Waals surface area contributed by atoms with E-state index in [0.29, 0.717) is 22.5 Å². The monoisotopic (exact) mass is 636 g/mol. The average molecular weight is 637 g/mol. The Morgan fingerprint density at radius 1 is 0.609 bits per heavy atom. The average Bonchev–Trinajstić information content (AvgIpc) is 3.58. The molecule has 0 aromatic heterocycles. The predicted octanol–water partition coefficient (Wildman–Crippen LogP) is 7.48. The molecule has 236 valence electrons. The molecular weight excluding hydrogens is 599 g/mol. The summed E-state index contributed by atoms with van der Waals surface area (Å²) in [5.41, 5.74) is 6.00. The fourth-order valence-corrected chi connectivity index (χ4v) is 5.56. The van der Waals surface area contributed by atoms with E-state index in [2.05, 4.69) is 6.92 Å². The second-order valence-electron chi connectivity index (χ2n) is 10.8. The minimum Gasteiger partial charge on any atom is -0.449 e. The van der Waals surface area contributed by atoms with Crippen molar-refractivity contribution in [1.82, 2.24) is 0 Å². The summed E-state index contributed by atoms with van der Waals surface area (Å²) in [5.74, 6) is -0.453. The van der Waals surface area contributed by atoms with Gasteiger partial charge in [-0.05, 0) is 35.0 Å². The summed E-state index contributed by atoms with van der Waals surface area (Å²) in [7, 11) is -1.34. The molecule has 6 nitrogen and oxygen atoms in total. The van der Waals surface area contributed by atoms with E-state index in [9.17, 15) is 9.59 Å². The highest BCUT2D eigenvalue weighted by atomic mass is 35.5. The SMILES string of the molecule is CCCC1=C(Cl)[C@@H](c2ccccc2)OC1=O.CCCC1=C(c2ccccc2)C(c2ccccc2)OC1=O.OB(O)c1ccccc1. The first-order chi connectivity index (χ1) is 22.3. The van der Waals surface area contributed by atoms with Crippen molar-refractivity contribution in [3.05, 3.63) is 154 Å². The molecular formula is C38H38BClO6. The second-order valence-corrected chi connectivity index (χ2v) is 11.2. The van der Waals surface area contributed by atoms with Crippen molar-refractivity contribution in [2.45, 2.75) is 51.7 Å². The highest BCUT2D eigenvalue weighted by Gasteiger charge is 2.35. The van der Waals surface area contributed by atoms with Crippen molar-refractivity contribution < 1.29 is 29.1 Å². The van der Waals surface area contributed by atoms with E-state index < -0.39 is 13.2 Å². The summed E-state index contributed by atoms with van der Waals surface area (Å²) in [6.07, 6.45) is 2.57. The molecule has 4 aromatic carbocycles. The molecule has 0 aliphatic carbocycles. The maximum Gasteiger partial charge on any atom is 0.488 e. The van der Waals surface area contributed by atoms with E-state index in [1.807, 2.05) is 104 Å². The Labute approximate surface area is 276 Å². The summed E-state index contributed by atoms with van der Waals surface area (Å²) in [5, 5.41) is 17.7. The number of benzene rings is 4. The third-order valence-corrected chi connectivity index (χ3v) is 7.86. The van der Waals surface area contributed by atoms with Gasteiger partial charge < -0.3 is 19.5 Å². The summed E-state index contributed by atoms with van der Waals surface area (Å²) < 4.78 is 10.9. The molecule has 0 radical (unpaired) electrons. The molecule has 0 spiro atoms. The van der Waals surface area contributed by atoms with E-state index in [1.165, 1.54) is 0 Å². The van der Waals surface area contributed by atoms with Gasteiger partial charge in [0.1, 0.15) is 0 Å². The van der Waals surface area contributed by atoms with Crippen LogP contribution in [-0.4, -0.2) is 29.1 Å². The molecule has 2 aliphatic heterocycles. The predicted molar refractivity (Wildman–Crippen MR) is 183 cm³/mol. The number of cyclic esters (lactones) is 2. The first-order valence-corrected chi connectivity index (χ1v) is 15.8. The number of rotatable bonds is 8. The largest absolute Gasteiger partial charge is 0.488 e. The maximum atomic E-state index is 12.3. The van der Waals surface area contributed by atoms with Crippen molar-refractivity contribution in [1.29, 1.82) is 0 Å². The molecule has 1 unspecified atom stereocenters. The smallest absolute Gasteiger partial charge is 0.449 e. The number of hydrogen-bond acceptors (Lipinski definition) is 6. The molecule has 46 heavy (non-hydrogen) atoms. The normalized spacial score (nSPS) is 17.0. The van der Waals surface area contributed by atoms with E-state index in [-0.39, 0.29) is 18.0 Å². The molecule has 6 rings (SSSR count). The molecule has 4 aromatic rings. The molecule has 2 heterocycles. The molecule has 8 heteroatoms. The van der Waals surface area contributed by atoms with E-state index in [1.54, 1.807) is 24.3 Å². The highest BCUT2D eigenvalue weighted by Crippen LogP contribution is 2.43. The van der Waals surface area contributed by atoms with Gasteiger partial charge in [0.2, 0.25) is 0 Å². The molecule has 0 saturated carbocycles. The minimum atomic E-state index is -1.34. The molecule has 2 N–H and O–H groups in total. The van der Waals surface area contributed by atoms with Crippen LogP contribution in [0.3, 0.4) is 0 Å². The number of hydrogen-bond donors (Lipinski definition) is 2. The lowest BCUT2D eigenvalue weighted by Gasteiger charge is -2.15. The Bertz CT molecular complexity index is 1620. The Hall–Kier alpha value is -4.43. The van der Waals surface area contributed by atoms with Crippen LogP contribution >= 0.6 is 11.6 Å². The molecule has 2 aliphatic rings. The van der Waals surface area contributed by atoms with Gasteiger partial charge in [-0.1, -0.05) is 160 Å². The van der Waals surface area contributed by atoms with Gasteiger partial charge in [-0.3, -0.25) is 0 Å². The van der Waals surface area contributed by atoms with Crippen LogP contribution < -0.4 is 5.46 Å². The summed E-state index contributed by atoms with van der Waals surface area (Å²) >= 11 is 6.19. The maximum absolute atomic E-state index is 12.3. The van der Waals surface area contributed by atoms with E-state index in [0.717, 1.165) is 47.1 Å². The van der Waals surface area contributed by atoms with Crippen LogP contribution in [0.4, 0.5) is 0 Å². The van der Waals surface area contributed by atoms with Crippen LogP contribution in [-0.2, 0) is 19.1 Å². The van der Waals surface area contributed by atoms with Crippen molar-refractivity contribution in [2.75, 3.05) is 0 Å². The number of ether oxygens (including phenoxy) is 2. The van der Waals surface area contributed by atoms with Crippen LogP contribution in [0, 0.1) is 0 Å². The van der Waals surface area contributed by atoms with Crippen LogP contribution in [0.5, 0.6) is 0 Å². The van der Waals surface area contributed by atoms with Gasteiger partial charge in [0.25, 0.3) is 0 Å². The first-order valence-electron chi connectivity index (χ1n) is 15.5. The van der Waals surface area contributed by atoms with Gasteiger partial charge in [-0.25, -0.2) is 9.59 Å². The van der Waals surface area contributed by atoms with Crippen molar-refractivity contribution in [2.24, 2.45) is 0 Å². The Morgan fingerprint density at radius 2 is 1.02 bits per heavy atom. The first kappa shape index (κ1) is 34.4. The van der Waals surface area contributed by atoms with E-state index >= 15 is 0 Å². The van der Waals surface area contributed by atoms with E-state index in [4.69, 9.17) is 31.1 Å². The Kier molecular flexibility index (Phi) is 13.0. The lowest BCUT2D eigenvalue weighted by molar-refractivity contribution is -0.140. The lowest BCUT2D eigenvalue weighted by atomic mass is 9.81. The van der Waals surface area contributed by atoms with Gasteiger partial charge in [-0.2, -0.15) is 0 Å². The third kappa shape index (κ3) is 8.85. The molecule has 0 amide bonds. The topological polar surface area (TPSA) is 93.1 Å².